The lowest BCUT2D eigenvalue weighted by Crippen LogP contribution is -2.03. The van der Waals surface area contributed by atoms with Crippen LogP contribution >= 0.6 is 15.9 Å². The molecule has 4 rings (SSSR count). The fourth-order valence-corrected chi connectivity index (χ4v) is 2.75. The lowest BCUT2D eigenvalue weighted by atomic mass is 10.1. The van der Waals surface area contributed by atoms with E-state index in [2.05, 4.69) is 31.2 Å². The largest absolute Gasteiger partial charge is 0.307 e. The van der Waals surface area contributed by atoms with Crippen LogP contribution in [-0.2, 0) is 13.1 Å². The minimum Gasteiger partial charge on any atom is -0.307 e. The smallest absolute Gasteiger partial charge is 0.178 e. The van der Waals surface area contributed by atoms with Gasteiger partial charge in [0.25, 0.3) is 0 Å². The van der Waals surface area contributed by atoms with Gasteiger partial charge >= 0.3 is 0 Å². The first kappa shape index (κ1) is 11.5. The molecule has 0 aromatic carbocycles. The Labute approximate surface area is 119 Å². The summed E-state index contributed by atoms with van der Waals surface area (Å²) in [7, 11) is 0. The molecule has 96 valence electrons. The quantitative estimate of drug-likeness (QED) is 0.925. The van der Waals surface area contributed by atoms with E-state index in [1.807, 2.05) is 12.1 Å². The Morgan fingerprint density at radius 1 is 1.16 bits per heavy atom. The lowest BCUT2D eigenvalue weighted by Gasteiger charge is -2.08. The molecule has 0 amide bonds. The van der Waals surface area contributed by atoms with Crippen LogP contribution in [0.15, 0.2) is 22.8 Å². The summed E-state index contributed by atoms with van der Waals surface area (Å²) in [6.07, 6.45) is 4.31. The number of halogens is 1. The molecule has 0 unspecified atom stereocenters. The summed E-state index contributed by atoms with van der Waals surface area (Å²) >= 11 is 3.40. The first-order chi connectivity index (χ1) is 9.31. The summed E-state index contributed by atoms with van der Waals surface area (Å²) in [4.78, 5) is 13.9. The number of nitrogens with zero attached hydrogens (tertiary/aromatic N) is 3. The van der Waals surface area contributed by atoms with Crippen molar-refractivity contribution in [1.82, 2.24) is 20.3 Å². The third kappa shape index (κ3) is 2.07. The maximum atomic E-state index is 4.78. The van der Waals surface area contributed by atoms with E-state index in [0.717, 1.165) is 34.8 Å². The molecule has 1 aliphatic carbocycles. The zero-order valence-electron chi connectivity index (χ0n) is 10.4. The minimum absolute atomic E-state index is 0.644. The average molecular weight is 317 g/mol. The Morgan fingerprint density at radius 2 is 2.05 bits per heavy atom. The normalized spacial score (nSPS) is 17.5. The monoisotopic (exact) mass is 316 g/mol. The highest BCUT2D eigenvalue weighted by atomic mass is 79.9. The van der Waals surface area contributed by atoms with Gasteiger partial charge in [0, 0.05) is 35.2 Å². The number of pyridine rings is 1. The van der Waals surface area contributed by atoms with E-state index >= 15 is 0 Å². The van der Waals surface area contributed by atoms with Crippen LogP contribution in [0.5, 0.6) is 0 Å². The van der Waals surface area contributed by atoms with Gasteiger partial charge in [0.2, 0.25) is 0 Å². The number of fused-ring (bicyclic) bond motifs is 1. The van der Waals surface area contributed by atoms with Gasteiger partial charge in [-0.05, 0) is 40.9 Å². The Hall–Kier alpha value is -1.33. The molecule has 1 saturated carbocycles. The first-order valence-electron chi connectivity index (χ1n) is 6.53. The molecule has 0 spiro atoms. The molecule has 0 radical (unpaired) electrons. The third-order valence-corrected chi connectivity index (χ3v) is 4.11. The Morgan fingerprint density at radius 3 is 2.79 bits per heavy atom. The molecule has 0 saturated heterocycles. The maximum absolute atomic E-state index is 4.78. The van der Waals surface area contributed by atoms with E-state index in [0.29, 0.717) is 5.92 Å². The number of aromatic nitrogens is 3. The van der Waals surface area contributed by atoms with Crippen LogP contribution in [0.25, 0.3) is 11.5 Å². The number of hydrogen-bond acceptors (Lipinski definition) is 4. The van der Waals surface area contributed by atoms with E-state index in [1.54, 1.807) is 6.20 Å². The third-order valence-electron chi connectivity index (χ3n) is 3.64. The molecule has 2 aromatic heterocycles. The summed E-state index contributed by atoms with van der Waals surface area (Å²) in [6, 6.07) is 3.94. The van der Waals surface area contributed by atoms with E-state index in [4.69, 9.17) is 4.98 Å². The fourth-order valence-electron chi connectivity index (χ4n) is 2.51. The summed E-state index contributed by atoms with van der Waals surface area (Å²) in [5.41, 5.74) is 4.56. The SMILES string of the molecule is Brc1ccc(-c2nc3c(c(C4CC4)n2)CNC3)nc1. The van der Waals surface area contributed by atoms with Gasteiger partial charge in [-0.25, -0.2) is 9.97 Å². The van der Waals surface area contributed by atoms with Gasteiger partial charge in [0.05, 0.1) is 11.4 Å². The zero-order chi connectivity index (χ0) is 12.8. The topological polar surface area (TPSA) is 50.7 Å². The number of hydrogen-bond donors (Lipinski definition) is 1. The van der Waals surface area contributed by atoms with Crippen molar-refractivity contribution in [2.75, 3.05) is 0 Å². The fraction of sp³-hybridized carbons (Fsp3) is 0.357. The second-order valence-electron chi connectivity index (χ2n) is 5.10. The van der Waals surface area contributed by atoms with Crippen molar-refractivity contribution in [2.24, 2.45) is 0 Å². The lowest BCUT2D eigenvalue weighted by molar-refractivity contribution is 0.755. The van der Waals surface area contributed by atoms with E-state index in [1.165, 1.54) is 24.1 Å². The molecule has 0 bridgehead atoms. The minimum atomic E-state index is 0.644. The summed E-state index contributed by atoms with van der Waals surface area (Å²) in [5, 5.41) is 3.37. The van der Waals surface area contributed by atoms with Crippen molar-refractivity contribution >= 4 is 15.9 Å². The summed E-state index contributed by atoms with van der Waals surface area (Å²) in [5.74, 6) is 1.41. The van der Waals surface area contributed by atoms with Gasteiger partial charge in [0.1, 0.15) is 5.69 Å². The van der Waals surface area contributed by atoms with Crippen LogP contribution in [0.1, 0.15) is 35.7 Å². The molecule has 1 aliphatic heterocycles. The van der Waals surface area contributed by atoms with Crippen molar-refractivity contribution < 1.29 is 0 Å². The highest BCUT2D eigenvalue weighted by molar-refractivity contribution is 9.10. The average Bonchev–Trinajstić information content (AvgIpc) is 3.16. The molecule has 19 heavy (non-hydrogen) atoms. The number of rotatable bonds is 2. The van der Waals surface area contributed by atoms with E-state index in [-0.39, 0.29) is 0 Å². The molecule has 2 aromatic rings. The first-order valence-corrected chi connectivity index (χ1v) is 7.33. The zero-order valence-corrected chi connectivity index (χ0v) is 11.9. The van der Waals surface area contributed by atoms with E-state index < -0.39 is 0 Å². The highest BCUT2D eigenvalue weighted by Crippen LogP contribution is 2.42. The second kappa shape index (κ2) is 4.35. The van der Waals surface area contributed by atoms with Crippen LogP contribution < -0.4 is 5.32 Å². The molecule has 3 heterocycles. The van der Waals surface area contributed by atoms with Gasteiger partial charge in [-0.1, -0.05) is 0 Å². The predicted molar refractivity (Wildman–Crippen MR) is 75.5 cm³/mol. The molecular weight excluding hydrogens is 304 g/mol. The van der Waals surface area contributed by atoms with Crippen molar-refractivity contribution in [3.05, 3.63) is 39.8 Å². The van der Waals surface area contributed by atoms with Crippen LogP contribution in [-0.4, -0.2) is 15.0 Å². The van der Waals surface area contributed by atoms with Gasteiger partial charge < -0.3 is 5.32 Å². The number of nitrogens with one attached hydrogen (secondary N) is 1. The standard InChI is InChI=1S/C14H13BrN4/c15-9-3-4-11(17-5-9)14-18-12-7-16-6-10(12)13(19-14)8-1-2-8/h3-5,8,16H,1-2,6-7H2. The highest BCUT2D eigenvalue weighted by Gasteiger charge is 2.31. The van der Waals surface area contributed by atoms with Crippen molar-refractivity contribution in [3.63, 3.8) is 0 Å². The van der Waals surface area contributed by atoms with Crippen molar-refractivity contribution in [2.45, 2.75) is 31.8 Å². The molecule has 2 aliphatic rings. The second-order valence-corrected chi connectivity index (χ2v) is 6.01. The Kier molecular flexibility index (Phi) is 2.63. The molecule has 5 heteroatoms. The molecule has 1 fully saturated rings. The van der Waals surface area contributed by atoms with Gasteiger partial charge in [-0.2, -0.15) is 0 Å². The maximum Gasteiger partial charge on any atom is 0.178 e. The molecule has 0 atom stereocenters. The molecular formula is C14H13BrN4. The molecule has 4 nitrogen and oxygen atoms in total. The summed E-state index contributed by atoms with van der Waals surface area (Å²) in [6.45, 7) is 1.76. The van der Waals surface area contributed by atoms with Crippen LogP contribution in [0.4, 0.5) is 0 Å². The van der Waals surface area contributed by atoms with Crippen molar-refractivity contribution in [3.8, 4) is 11.5 Å². The van der Waals surface area contributed by atoms with Gasteiger partial charge in [-0.15, -0.1) is 0 Å². The van der Waals surface area contributed by atoms with Crippen LogP contribution in [0.2, 0.25) is 0 Å². The summed E-state index contributed by atoms with van der Waals surface area (Å²) < 4.78 is 0.974. The Balaban J connectivity index is 1.84. The Bertz CT molecular complexity index is 635. The van der Waals surface area contributed by atoms with Crippen LogP contribution in [0, 0.1) is 0 Å². The van der Waals surface area contributed by atoms with E-state index in [9.17, 15) is 0 Å². The van der Waals surface area contributed by atoms with Gasteiger partial charge in [-0.3, -0.25) is 4.98 Å². The van der Waals surface area contributed by atoms with Gasteiger partial charge in [0.15, 0.2) is 5.82 Å². The van der Waals surface area contributed by atoms with Crippen molar-refractivity contribution in [1.29, 1.82) is 0 Å². The van der Waals surface area contributed by atoms with Crippen LogP contribution in [0.3, 0.4) is 0 Å². The predicted octanol–water partition coefficient (Wildman–Crippen LogP) is 2.78. The molecule has 1 N–H and O–H groups in total.